The highest BCUT2D eigenvalue weighted by Crippen LogP contribution is 2.48. The molecule has 4 aromatic rings. The molecular weight excluding hydrogens is 557 g/mol. The summed E-state index contributed by atoms with van der Waals surface area (Å²) in [6.07, 6.45) is 10.0. The van der Waals surface area contributed by atoms with Crippen molar-refractivity contribution in [1.29, 1.82) is 0 Å². The predicted octanol–water partition coefficient (Wildman–Crippen LogP) is 12.5. The normalized spacial score (nSPS) is 17.3. The van der Waals surface area contributed by atoms with Crippen molar-refractivity contribution in [2.24, 2.45) is 0 Å². The topological polar surface area (TPSA) is 0 Å². The Hall–Kier alpha value is -3.42. The summed E-state index contributed by atoms with van der Waals surface area (Å²) in [4.78, 5) is 0. The Morgan fingerprint density at radius 1 is 0.511 bits per heavy atom. The minimum atomic E-state index is -0.297. The molecule has 0 aliphatic heterocycles. The van der Waals surface area contributed by atoms with E-state index in [9.17, 15) is 0 Å². The second-order valence-electron chi connectivity index (χ2n) is 14.1. The molecule has 0 N–H and O–H groups in total. The van der Waals surface area contributed by atoms with E-state index >= 15 is 0 Å². The molecule has 0 saturated heterocycles. The molecule has 2 aliphatic rings. The maximum absolute atomic E-state index is 2.59. The standard InChI is InChI=1S/C44H52Si/c1-7-15-31-25-41-37(35-19-11-9-17-33(35)29(3)4)21-13-23-39(41)43(31)27-45-28-44-32(16-8-2)26-42-38(22-14-24-40(42)44)36-20-12-10-18-34(36)30(5)6/h9-14,17-26,29-30,43-44H,7-8,15-16,27-28,45H2,1-6H3. The number of rotatable bonds is 12. The first-order valence-corrected chi connectivity index (χ1v) is 19.8. The second kappa shape index (κ2) is 13.9. The van der Waals surface area contributed by atoms with Crippen LogP contribution in [0.2, 0.25) is 12.1 Å². The molecular formula is C44H52Si. The molecule has 1 heteroatoms. The lowest BCUT2D eigenvalue weighted by molar-refractivity contribution is 0.781. The SMILES string of the molecule is CCCC1=Cc2c(-c3ccccc3C(C)C)cccc2C1C[SiH2]CC1C(CCC)=Cc2c(-c3ccccc3C(C)C)cccc21. The maximum Gasteiger partial charge on any atom is 0.0218 e. The van der Waals surface area contributed by atoms with Gasteiger partial charge in [-0.1, -0.05) is 175 Å². The third-order valence-corrected chi connectivity index (χ3v) is 12.4. The van der Waals surface area contributed by atoms with E-state index in [1.54, 1.807) is 22.3 Å². The number of fused-ring (bicyclic) bond motifs is 2. The smallest absolute Gasteiger partial charge is 0.0218 e. The molecule has 45 heavy (non-hydrogen) atoms. The van der Waals surface area contributed by atoms with Crippen molar-refractivity contribution in [2.75, 3.05) is 0 Å². The molecule has 2 aliphatic carbocycles. The molecule has 0 heterocycles. The second-order valence-corrected chi connectivity index (χ2v) is 15.9. The summed E-state index contributed by atoms with van der Waals surface area (Å²) in [5.74, 6) is 2.22. The molecule has 2 unspecified atom stereocenters. The summed E-state index contributed by atoms with van der Waals surface area (Å²) in [6, 6.07) is 35.2. The van der Waals surface area contributed by atoms with Gasteiger partial charge in [0.05, 0.1) is 0 Å². The summed E-state index contributed by atoms with van der Waals surface area (Å²) in [5, 5.41) is 0. The van der Waals surface area contributed by atoms with Crippen molar-refractivity contribution in [3.63, 3.8) is 0 Å². The van der Waals surface area contributed by atoms with Crippen molar-refractivity contribution in [3.8, 4) is 22.3 Å². The van der Waals surface area contributed by atoms with E-state index in [1.165, 1.54) is 82.3 Å². The van der Waals surface area contributed by atoms with Crippen molar-refractivity contribution in [2.45, 2.75) is 103 Å². The van der Waals surface area contributed by atoms with Crippen LogP contribution >= 0.6 is 0 Å². The Kier molecular flexibility index (Phi) is 9.76. The maximum atomic E-state index is 2.59. The average Bonchev–Trinajstić information content (AvgIpc) is 3.58. The zero-order chi connectivity index (χ0) is 31.5. The minimum Gasteiger partial charge on any atom is -0.0651 e. The first-order chi connectivity index (χ1) is 21.9. The summed E-state index contributed by atoms with van der Waals surface area (Å²) in [6.45, 7) is 14.0. The highest BCUT2D eigenvalue weighted by Gasteiger charge is 2.30. The molecule has 0 nitrogen and oxygen atoms in total. The number of hydrogen-bond acceptors (Lipinski definition) is 0. The van der Waals surface area contributed by atoms with Gasteiger partial charge in [0.15, 0.2) is 0 Å². The van der Waals surface area contributed by atoms with Gasteiger partial charge >= 0.3 is 0 Å². The first kappa shape index (κ1) is 31.6. The molecule has 2 atom stereocenters. The molecule has 0 saturated carbocycles. The molecule has 0 aromatic heterocycles. The number of hydrogen-bond donors (Lipinski definition) is 0. The monoisotopic (exact) mass is 608 g/mol. The lowest BCUT2D eigenvalue weighted by Gasteiger charge is -2.21. The van der Waals surface area contributed by atoms with Crippen LogP contribution in [-0.4, -0.2) is 9.52 Å². The van der Waals surface area contributed by atoms with E-state index in [2.05, 4.69) is 139 Å². The summed E-state index contributed by atoms with van der Waals surface area (Å²) in [7, 11) is -0.297. The van der Waals surface area contributed by atoms with Gasteiger partial charge in [0.1, 0.15) is 0 Å². The van der Waals surface area contributed by atoms with Gasteiger partial charge in [0.25, 0.3) is 0 Å². The Morgan fingerprint density at radius 3 is 1.31 bits per heavy atom. The highest BCUT2D eigenvalue weighted by atomic mass is 28.2. The number of allylic oxidation sites excluding steroid dienone is 2. The van der Waals surface area contributed by atoms with E-state index in [-0.39, 0.29) is 9.52 Å². The molecule has 4 aromatic carbocycles. The molecule has 0 spiro atoms. The highest BCUT2D eigenvalue weighted by molar-refractivity contribution is 6.36. The molecule has 0 amide bonds. The van der Waals surface area contributed by atoms with Crippen molar-refractivity contribution in [3.05, 3.63) is 129 Å². The van der Waals surface area contributed by atoms with Crippen LogP contribution in [0.1, 0.15) is 124 Å². The third kappa shape index (κ3) is 6.21. The van der Waals surface area contributed by atoms with E-state index in [1.807, 2.05) is 0 Å². The Balaban J connectivity index is 1.28. The quantitative estimate of drug-likeness (QED) is 0.140. The van der Waals surface area contributed by atoms with Crippen LogP contribution < -0.4 is 0 Å². The minimum absolute atomic E-state index is 0.297. The van der Waals surface area contributed by atoms with Crippen LogP contribution in [0, 0.1) is 0 Å². The van der Waals surface area contributed by atoms with Crippen LogP contribution in [0.5, 0.6) is 0 Å². The largest absolute Gasteiger partial charge is 0.0651 e. The summed E-state index contributed by atoms with van der Waals surface area (Å²) < 4.78 is 0. The zero-order valence-electron chi connectivity index (χ0n) is 28.5. The molecule has 6 rings (SSSR count). The third-order valence-electron chi connectivity index (χ3n) is 10.4. The van der Waals surface area contributed by atoms with Crippen LogP contribution in [0.25, 0.3) is 34.4 Å². The van der Waals surface area contributed by atoms with E-state index in [4.69, 9.17) is 0 Å². The summed E-state index contributed by atoms with van der Waals surface area (Å²) in [5.41, 5.74) is 18.1. The average molecular weight is 609 g/mol. The van der Waals surface area contributed by atoms with Crippen LogP contribution in [0.3, 0.4) is 0 Å². The van der Waals surface area contributed by atoms with Gasteiger partial charge in [0, 0.05) is 21.4 Å². The Morgan fingerprint density at radius 2 is 0.911 bits per heavy atom. The summed E-state index contributed by atoms with van der Waals surface area (Å²) >= 11 is 0. The van der Waals surface area contributed by atoms with Crippen LogP contribution in [-0.2, 0) is 0 Å². The van der Waals surface area contributed by atoms with Crippen LogP contribution in [0.4, 0.5) is 0 Å². The Labute approximate surface area is 275 Å². The van der Waals surface area contributed by atoms with Gasteiger partial charge in [-0.15, -0.1) is 0 Å². The van der Waals surface area contributed by atoms with Crippen molar-refractivity contribution >= 4 is 21.7 Å². The lowest BCUT2D eigenvalue weighted by Crippen LogP contribution is -2.08. The Bertz CT molecular complexity index is 1590. The zero-order valence-corrected chi connectivity index (χ0v) is 29.9. The van der Waals surface area contributed by atoms with Gasteiger partial charge in [-0.2, -0.15) is 0 Å². The fraction of sp³-hybridized carbons (Fsp3) is 0.364. The molecule has 0 fully saturated rings. The van der Waals surface area contributed by atoms with Gasteiger partial charge < -0.3 is 0 Å². The fourth-order valence-corrected chi connectivity index (χ4v) is 10.7. The molecule has 0 radical (unpaired) electrons. The van der Waals surface area contributed by atoms with E-state index in [0.29, 0.717) is 23.7 Å². The number of benzene rings is 4. The van der Waals surface area contributed by atoms with Gasteiger partial charge in [-0.25, -0.2) is 0 Å². The predicted molar refractivity (Wildman–Crippen MR) is 201 cm³/mol. The van der Waals surface area contributed by atoms with E-state index in [0.717, 1.165) is 0 Å². The lowest BCUT2D eigenvalue weighted by atomic mass is 9.88. The fourth-order valence-electron chi connectivity index (χ4n) is 8.31. The van der Waals surface area contributed by atoms with E-state index < -0.39 is 0 Å². The van der Waals surface area contributed by atoms with Crippen molar-refractivity contribution in [1.82, 2.24) is 0 Å². The van der Waals surface area contributed by atoms with Gasteiger partial charge in [-0.05, 0) is 80.3 Å². The first-order valence-electron chi connectivity index (χ1n) is 17.8. The molecule has 0 bridgehead atoms. The van der Waals surface area contributed by atoms with Gasteiger partial charge in [-0.3, -0.25) is 0 Å². The van der Waals surface area contributed by atoms with Crippen LogP contribution in [0.15, 0.2) is 96.1 Å². The molecule has 232 valence electrons. The van der Waals surface area contributed by atoms with Gasteiger partial charge in [0.2, 0.25) is 0 Å². The van der Waals surface area contributed by atoms with Crippen molar-refractivity contribution < 1.29 is 0 Å².